The summed E-state index contributed by atoms with van der Waals surface area (Å²) in [4.78, 5) is 0. The predicted octanol–water partition coefficient (Wildman–Crippen LogP) is 3.41. The van der Waals surface area contributed by atoms with Crippen LogP contribution < -0.4 is 10.1 Å². The van der Waals surface area contributed by atoms with Gasteiger partial charge < -0.3 is 10.1 Å². The molecule has 1 aliphatic heterocycles. The second kappa shape index (κ2) is 5.15. The molecule has 1 unspecified atom stereocenters. The van der Waals surface area contributed by atoms with Crippen LogP contribution in [0.3, 0.4) is 0 Å². The first kappa shape index (κ1) is 11.9. The highest BCUT2D eigenvalue weighted by molar-refractivity contribution is 9.10. The van der Waals surface area contributed by atoms with E-state index < -0.39 is 0 Å². The van der Waals surface area contributed by atoms with Crippen LogP contribution in [-0.2, 0) is 0 Å². The Balaban J connectivity index is 2.33. The average molecular weight is 288 g/mol. The second-order valence-corrected chi connectivity index (χ2v) is 4.77. The Morgan fingerprint density at radius 3 is 3.12 bits per heavy atom. The SMILES string of the molecule is CCCNC1CCOc2c(Br)ccc(F)c21. The molecule has 0 aliphatic carbocycles. The Bertz CT molecular complexity index is 384. The number of rotatable bonds is 3. The van der Waals surface area contributed by atoms with Gasteiger partial charge in [0.1, 0.15) is 11.6 Å². The molecule has 88 valence electrons. The molecule has 0 saturated carbocycles. The van der Waals surface area contributed by atoms with Gasteiger partial charge in [0.25, 0.3) is 0 Å². The summed E-state index contributed by atoms with van der Waals surface area (Å²) < 4.78 is 20.1. The van der Waals surface area contributed by atoms with Crippen molar-refractivity contribution in [1.29, 1.82) is 0 Å². The van der Waals surface area contributed by atoms with Crippen molar-refractivity contribution in [3.8, 4) is 5.75 Å². The Labute approximate surface area is 103 Å². The van der Waals surface area contributed by atoms with Crippen molar-refractivity contribution in [3.05, 3.63) is 28.0 Å². The van der Waals surface area contributed by atoms with E-state index in [9.17, 15) is 4.39 Å². The standard InChI is InChI=1S/C12H15BrFNO/c1-2-6-15-10-5-7-16-12-8(13)3-4-9(14)11(10)12/h3-4,10,15H,2,5-7H2,1H3. The fraction of sp³-hybridized carbons (Fsp3) is 0.500. The van der Waals surface area contributed by atoms with E-state index in [1.165, 1.54) is 6.07 Å². The van der Waals surface area contributed by atoms with E-state index in [2.05, 4.69) is 28.2 Å². The summed E-state index contributed by atoms with van der Waals surface area (Å²) >= 11 is 3.39. The minimum Gasteiger partial charge on any atom is -0.492 e. The zero-order chi connectivity index (χ0) is 11.5. The van der Waals surface area contributed by atoms with Gasteiger partial charge in [-0.25, -0.2) is 4.39 Å². The molecule has 4 heteroatoms. The van der Waals surface area contributed by atoms with Crippen molar-refractivity contribution in [1.82, 2.24) is 5.32 Å². The molecule has 0 fully saturated rings. The third kappa shape index (κ3) is 2.23. The van der Waals surface area contributed by atoms with Gasteiger partial charge >= 0.3 is 0 Å². The van der Waals surface area contributed by atoms with Crippen LogP contribution in [0.25, 0.3) is 0 Å². The van der Waals surface area contributed by atoms with Gasteiger partial charge in [-0.15, -0.1) is 0 Å². The van der Waals surface area contributed by atoms with Crippen LogP contribution in [-0.4, -0.2) is 13.2 Å². The van der Waals surface area contributed by atoms with Gasteiger partial charge in [0, 0.05) is 18.0 Å². The molecule has 0 spiro atoms. The topological polar surface area (TPSA) is 21.3 Å². The Morgan fingerprint density at radius 2 is 2.38 bits per heavy atom. The Hall–Kier alpha value is -0.610. The van der Waals surface area contributed by atoms with Gasteiger partial charge in [-0.05, 0) is 41.0 Å². The molecule has 0 saturated heterocycles. The zero-order valence-corrected chi connectivity index (χ0v) is 10.8. The molecule has 1 N–H and O–H groups in total. The minimum absolute atomic E-state index is 0.0706. The number of fused-ring (bicyclic) bond motifs is 1. The van der Waals surface area contributed by atoms with E-state index in [-0.39, 0.29) is 11.9 Å². The minimum atomic E-state index is -0.188. The fourth-order valence-corrected chi connectivity index (χ4v) is 2.43. The van der Waals surface area contributed by atoms with Crippen LogP contribution in [0.5, 0.6) is 5.75 Å². The number of ether oxygens (including phenoxy) is 1. The smallest absolute Gasteiger partial charge is 0.141 e. The predicted molar refractivity (Wildman–Crippen MR) is 65.2 cm³/mol. The first-order valence-corrected chi connectivity index (χ1v) is 6.37. The lowest BCUT2D eigenvalue weighted by Gasteiger charge is -2.27. The Kier molecular flexibility index (Phi) is 3.82. The monoisotopic (exact) mass is 287 g/mol. The number of hydrogen-bond acceptors (Lipinski definition) is 2. The van der Waals surface area contributed by atoms with Crippen LogP contribution in [0.1, 0.15) is 31.4 Å². The van der Waals surface area contributed by atoms with Crippen LogP contribution in [0.2, 0.25) is 0 Å². The summed E-state index contributed by atoms with van der Waals surface area (Å²) in [5, 5.41) is 3.35. The van der Waals surface area contributed by atoms with E-state index in [0.717, 1.165) is 23.9 Å². The second-order valence-electron chi connectivity index (χ2n) is 3.92. The first-order chi connectivity index (χ1) is 7.74. The molecular formula is C12H15BrFNO. The van der Waals surface area contributed by atoms with Crippen molar-refractivity contribution < 1.29 is 9.13 Å². The van der Waals surface area contributed by atoms with Crippen molar-refractivity contribution >= 4 is 15.9 Å². The molecule has 2 rings (SSSR count). The van der Waals surface area contributed by atoms with E-state index in [1.54, 1.807) is 6.07 Å². The fourth-order valence-electron chi connectivity index (χ4n) is 1.97. The highest BCUT2D eigenvalue weighted by Crippen LogP contribution is 2.39. The normalized spacial score (nSPS) is 19.1. The summed E-state index contributed by atoms with van der Waals surface area (Å²) in [7, 11) is 0. The van der Waals surface area contributed by atoms with Crippen molar-refractivity contribution in [2.24, 2.45) is 0 Å². The maximum Gasteiger partial charge on any atom is 0.141 e. The highest BCUT2D eigenvalue weighted by Gasteiger charge is 2.26. The van der Waals surface area contributed by atoms with Crippen LogP contribution >= 0.6 is 15.9 Å². The molecule has 1 aliphatic rings. The molecule has 1 aromatic carbocycles. The van der Waals surface area contributed by atoms with Gasteiger partial charge in [-0.3, -0.25) is 0 Å². The maximum absolute atomic E-state index is 13.8. The van der Waals surface area contributed by atoms with Gasteiger partial charge in [0.05, 0.1) is 11.1 Å². The summed E-state index contributed by atoms with van der Waals surface area (Å²) in [6.45, 7) is 3.64. The van der Waals surface area contributed by atoms with Crippen LogP contribution in [0.4, 0.5) is 4.39 Å². The Morgan fingerprint density at radius 1 is 1.56 bits per heavy atom. The average Bonchev–Trinajstić information content (AvgIpc) is 2.31. The van der Waals surface area contributed by atoms with E-state index in [0.29, 0.717) is 17.9 Å². The number of hydrogen-bond donors (Lipinski definition) is 1. The molecule has 0 bridgehead atoms. The van der Waals surface area contributed by atoms with Gasteiger partial charge in [0.2, 0.25) is 0 Å². The van der Waals surface area contributed by atoms with Crippen molar-refractivity contribution in [3.63, 3.8) is 0 Å². The van der Waals surface area contributed by atoms with Crippen LogP contribution in [0.15, 0.2) is 16.6 Å². The molecule has 1 aromatic rings. The maximum atomic E-state index is 13.8. The molecule has 1 atom stereocenters. The van der Waals surface area contributed by atoms with Gasteiger partial charge in [0.15, 0.2) is 0 Å². The molecule has 0 amide bonds. The molecule has 16 heavy (non-hydrogen) atoms. The summed E-state index contributed by atoms with van der Waals surface area (Å²) in [6, 6.07) is 3.25. The number of halogens is 2. The van der Waals surface area contributed by atoms with E-state index in [4.69, 9.17) is 4.74 Å². The summed E-state index contributed by atoms with van der Waals surface area (Å²) in [6.07, 6.45) is 1.86. The summed E-state index contributed by atoms with van der Waals surface area (Å²) in [5.74, 6) is 0.464. The van der Waals surface area contributed by atoms with Crippen LogP contribution in [0, 0.1) is 5.82 Å². The zero-order valence-electron chi connectivity index (χ0n) is 9.22. The van der Waals surface area contributed by atoms with E-state index in [1.807, 2.05) is 0 Å². The molecule has 0 aromatic heterocycles. The third-order valence-electron chi connectivity index (χ3n) is 2.74. The highest BCUT2D eigenvalue weighted by atomic mass is 79.9. The lowest BCUT2D eigenvalue weighted by atomic mass is 10.00. The molecule has 2 nitrogen and oxygen atoms in total. The largest absolute Gasteiger partial charge is 0.492 e. The molecular weight excluding hydrogens is 273 g/mol. The number of nitrogens with one attached hydrogen (secondary N) is 1. The molecule has 0 radical (unpaired) electrons. The molecule has 1 heterocycles. The third-order valence-corrected chi connectivity index (χ3v) is 3.36. The quantitative estimate of drug-likeness (QED) is 0.920. The van der Waals surface area contributed by atoms with Gasteiger partial charge in [-0.1, -0.05) is 6.92 Å². The van der Waals surface area contributed by atoms with Crippen molar-refractivity contribution in [2.45, 2.75) is 25.8 Å². The lowest BCUT2D eigenvalue weighted by molar-refractivity contribution is 0.246. The number of benzene rings is 1. The van der Waals surface area contributed by atoms with E-state index >= 15 is 0 Å². The van der Waals surface area contributed by atoms with Crippen molar-refractivity contribution in [2.75, 3.05) is 13.2 Å². The van der Waals surface area contributed by atoms with Gasteiger partial charge in [-0.2, -0.15) is 0 Å². The summed E-state index contributed by atoms with van der Waals surface area (Å²) in [5.41, 5.74) is 0.661. The lowest BCUT2D eigenvalue weighted by Crippen LogP contribution is -2.28. The first-order valence-electron chi connectivity index (χ1n) is 5.58.